The Morgan fingerprint density at radius 1 is 1.03 bits per heavy atom. The van der Waals surface area contributed by atoms with Crippen LogP contribution in [0, 0.1) is 0 Å². The molecular weight excluding hydrogens is 428 g/mol. The van der Waals surface area contributed by atoms with Crippen molar-refractivity contribution >= 4 is 27.5 Å². The van der Waals surface area contributed by atoms with Crippen LogP contribution in [0.4, 0.5) is 5.69 Å². The molecule has 9 heteroatoms. The molecule has 32 heavy (non-hydrogen) atoms. The highest BCUT2D eigenvalue weighted by Crippen LogP contribution is 2.23. The fourth-order valence-corrected chi connectivity index (χ4v) is 5.93. The number of carbonyl (C=O) groups excluding carboxylic acids is 2. The molecule has 1 aromatic heterocycles. The number of hydrogen-bond acceptors (Lipinski definition) is 4. The summed E-state index contributed by atoms with van der Waals surface area (Å²) in [6.07, 6.45) is 6.75. The van der Waals surface area contributed by atoms with Crippen molar-refractivity contribution in [3.63, 3.8) is 0 Å². The van der Waals surface area contributed by atoms with Gasteiger partial charge in [-0.15, -0.1) is 0 Å². The van der Waals surface area contributed by atoms with Gasteiger partial charge in [-0.05, 0) is 49.4 Å². The molecule has 0 aliphatic carbocycles. The number of hydrogen-bond donors (Lipinski definition) is 1. The molecule has 172 valence electrons. The molecular formula is C23H30N4O4S. The maximum atomic E-state index is 12.9. The summed E-state index contributed by atoms with van der Waals surface area (Å²) < 4.78 is 28.9. The highest BCUT2D eigenvalue weighted by Gasteiger charge is 2.28. The van der Waals surface area contributed by atoms with Crippen LogP contribution in [0.5, 0.6) is 0 Å². The molecule has 2 aromatic rings. The first-order chi connectivity index (χ1) is 15.4. The van der Waals surface area contributed by atoms with E-state index in [1.165, 1.54) is 16.6 Å². The van der Waals surface area contributed by atoms with E-state index >= 15 is 0 Å². The van der Waals surface area contributed by atoms with Crippen LogP contribution in [0.25, 0.3) is 0 Å². The van der Waals surface area contributed by atoms with Crippen LogP contribution in [0.1, 0.15) is 54.6 Å². The van der Waals surface area contributed by atoms with E-state index in [9.17, 15) is 18.0 Å². The van der Waals surface area contributed by atoms with Gasteiger partial charge < -0.3 is 14.8 Å². The van der Waals surface area contributed by atoms with Crippen molar-refractivity contribution in [2.45, 2.75) is 50.0 Å². The van der Waals surface area contributed by atoms with Crippen LogP contribution >= 0.6 is 0 Å². The third kappa shape index (κ3) is 4.73. The minimum Gasteiger partial charge on any atom is -0.347 e. The molecule has 2 aliphatic heterocycles. The Bertz CT molecular complexity index is 1100. The Morgan fingerprint density at radius 3 is 2.53 bits per heavy atom. The van der Waals surface area contributed by atoms with Gasteiger partial charge in [-0.2, -0.15) is 4.31 Å². The normalized spacial score (nSPS) is 18.0. The molecule has 2 amide bonds. The number of carbonyl (C=O) groups is 2. The summed E-state index contributed by atoms with van der Waals surface area (Å²) in [7, 11) is -1.92. The Hall–Kier alpha value is -2.65. The van der Waals surface area contributed by atoms with Crippen molar-refractivity contribution in [2.24, 2.45) is 7.05 Å². The highest BCUT2D eigenvalue weighted by molar-refractivity contribution is 7.89. The second-order valence-electron chi connectivity index (χ2n) is 8.49. The van der Waals surface area contributed by atoms with E-state index in [-0.39, 0.29) is 23.3 Å². The number of rotatable bonds is 6. The summed E-state index contributed by atoms with van der Waals surface area (Å²) in [6.45, 7) is 2.05. The lowest BCUT2D eigenvalue weighted by Crippen LogP contribution is -2.35. The fraction of sp³-hybridized carbons (Fsp3) is 0.478. The number of piperidine rings is 2. The molecule has 1 N–H and O–H groups in total. The van der Waals surface area contributed by atoms with Gasteiger partial charge in [-0.1, -0.05) is 18.6 Å². The quantitative estimate of drug-likeness (QED) is 0.720. The van der Waals surface area contributed by atoms with Gasteiger partial charge in [0.2, 0.25) is 15.9 Å². The van der Waals surface area contributed by atoms with Gasteiger partial charge in [-0.3, -0.25) is 9.59 Å². The monoisotopic (exact) mass is 458 g/mol. The maximum Gasteiger partial charge on any atom is 0.268 e. The average molecular weight is 459 g/mol. The number of sulfonamides is 1. The van der Waals surface area contributed by atoms with Crippen LogP contribution in [-0.2, 0) is 28.4 Å². The van der Waals surface area contributed by atoms with Crippen LogP contribution in [0.3, 0.4) is 0 Å². The lowest BCUT2D eigenvalue weighted by molar-refractivity contribution is -0.119. The number of amides is 2. The van der Waals surface area contributed by atoms with Crippen LogP contribution in [0.15, 0.2) is 41.4 Å². The summed E-state index contributed by atoms with van der Waals surface area (Å²) >= 11 is 0. The summed E-state index contributed by atoms with van der Waals surface area (Å²) in [5.41, 5.74) is 2.02. The van der Waals surface area contributed by atoms with Crippen molar-refractivity contribution in [2.75, 3.05) is 24.5 Å². The largest absolute Gasteiger partial charge is 0.347 e. The zero-order valence-corrected chi connectivity index (χ0v) is 19.2. The van der Waals surface area contributed by atoms with Gasteiger partial charge >= 0.3 is 0 Å². The third-order valence-corrected chi connectivity index (χ3v) is 8.03. The second kappa shape index (κ2) is 9.46. The molecule has 2 fully saturated rings. The Labute approximate surface area is 189 Å². The van der Waals surface area contributed by atoms with E-state index in [0.29, 0.717) is 31.7 Å². The minimum absolute atomic E-state index is 0.128. The van der Waals surface area contributed by atoms with E-state index in [0.717, 1.165) is 43.4 Å². The van der Waals surface area contributed by atoms with Crippen LogP contribution < -0.4 is 10.2 Å². The van der Waals surface area contributed by atoms with Gasteiger partial charge in [-0.25, -0.2) is 8.42 Å². The molecule has 0 bridgehead atoms. The van der Waals surface area contributed by atoms with Crippen molar-refractivity contribution in [1.29, 1.82) is 0 Å². The number of aryl methyl sites for hydroxylation is 1. The zero-order chi connectivity index (χ0) is 22.7. The number of aromatic nitrogens is 1. The number of benzene rings is 1. The average Bonchev–Trinajstić information content (AvgIpc) is 3.21. The first-order valence-electron chi connectivity index (χ1n) is 11.2. The zero-order valence-electron chi connectivity index (χ0n) is 18.4. The van der Waals surface area contributed by atoms with E-state index in [2.05, 4.69) is 5.32 Å². The number of nitrogens with one attached hydrogen (secondary N) is 1. The van der Waals surface area contributed by atoms with E-state index in [1.54, 1.807) is 16.5 Å². The molecule has 1 aromatic carbocycles. The van der Waals surface area contributed by atoms with Gasteiger partial charge in [0.25, 0.3) is 5.91 Å². The third-order valence-electron chi connectivity index (χ3n) is 6.16. The summed E-state index contributed by atoms with van der Waals surface area (Å²) in [5, 5.41) is 2.87. The number of anilines is 1. The minimum atomic E-state index is -3.59. The Morgan fingerprint density at radius 2 is 1.78 bits per heavy atom. The molecule has 3 heterocycles. The summed E-state index contributed by atoms with van der Waals surface area (Å²) in [6, 6.07) is 9.05. The molecule has 0 spiro atoms. The van der Waals surface area contributed by atoms with Crippen molar-refractivity contribution < 1.29 is 18.0 Å². The Kier molecular flexibility index (Phi) is 6.66. The fourth-order valence-electron chi connectivity index (χ4n) is 4.34. The summed E-state index contributed by atoms with van der Waals surface area (Å²) in [4.78, 5) is 26.9. The molecule has 0 radical (unpaired) electrons. The molecule has 4 rings (SSSR count). The van der Waals surface area contributed by atoms with Crippen molar-refractivity contribution in [1.82, 2.24) is 14.2 Å². The van der Waals surface area contributed by atoms with Crippen LogP contribution in [0.2, 0.25) is 0 Å². The van der Waals surface area contributed by atoms with Crippen molar-refractivity contribution in [3.8, 4) is 0 Å². The molecule has 2 saturated heterocycles. The van der Waals surface area contributed by atoms with E-state index in [1.807, 2.05) is 24.3 Å². The standard InChI is InChI=1S/C23H30N4O4S/c1-25-17-20(32(30,31)26-11-4-2-5-12-26)15-21(25)23(29)24-16-18-8-7-9-19(14-18)27-13-6-3-10-22(27)28/h7-9,14-15,17H,2-6,10-13,16H2,1H3,(H,24,29). The lowest BCUT2D eigenvalue weighted by atomic mass is 10.1. The smallest absolute Gasteiger partial charge is 0.268 e. The van der Waals surface area contributed by atoms with Gasteiger partial charge in [0.15, 0.2) is 0 Å². The van der Waals surface area contributed by atoms with Gasteiger partial charge in [0, 0.05) is 51.5 Å². The van der Waals surface area contributed by atoms with Gasteiger partial charge in [0.1, 0.15) is 10.6 Å². The predicted molar refractivity (Wildman–Crippen MR) is 122 cm³/mol. The predicted octanol–water partition coefficient (Wildman–Crippen LogP) is 2.65. The highest BCUT2D eigenvalue weighted by atomic mass is 32.2. The maximum absolute atomic E-state index is 12.9. The first kappa shape index (κ1) is 22.5. The number of nitrogens with zero attached hydrogens (tertiary/aromatic N) is 3. The molecule has 2 aliphatic rings. The van der Waals surface area contributed by atoms with E-state index in [4.69, 9.17) is 0 Å². The molecule has 0 saturated carbocycles. The lowest BCUT2D eigenvalue weighted by Gasteiger charge is -2.27. The Balaban J connectivity index is 1.44. The SMILES string of the molecule is Cn1cc(S(=O)(=O)N2CCCCC2)cc1C(=O)NCc1cccc(N2CCCCC2=O)c1. The molecule has 0 unspecified atom stereocenters. The first-order valence-corrected chi connectivity index (χ1v) is 12.6. The second-order valence-corrected chi connectivity index (χ2v) is 10.4. The van der Waals surface area contributed by atoms with Crippen molar-refractivity contribution in [3.05, 3.63) is 47.8 Å². The summed E-state index contributed by atoms with van der Waals surface area (Å²) in [5.74, 6) is -0.212. The topological polar surface area (TPSA) is 91.7 Å². The van der Waals surface area contributed by atoms with Crippen LogP contribution in [-0.4, -0.2) is 48.7 Å². The van der Waals surface area contributed by atoms with Gasteiger partial charge in [0.05, 0.1) is 0 Å². The van der Waals surface area contributed by atoms with E-state index < -0.39 is 10.0 Å². The molecule has 0 atom stereocenters. The molecule has 8 nitrogen and oxygen atoms in total.